The van der Waals surface area contributed by atoms with Gasteiger partial charge in [0.25, 0.3) is 5.91 Å². The third-order valence-electron chi connectivity index (χ3n) is 4.11. The minimum atomic E-state index is -0.901. The number of methoxy groups -OCH3 is 1. The third-order valence-corrected chi connectivity index (χ3v) is 4.41. The molecule has 0 spiro atoms. The average molecular weight is 439 g/mol. The zero-order valence-corrected chi connectivity index (χ0v) is 17.2. The van der Waals surface area contributed by atoms with Crippen LogP contribution in [0.4, 0.5) is 4.39 Å². The van der Waals surface area contributed by atoms with E-state index in [9.17, 15) is 19.1 Å². The van der Waals surface area contributed by atoms with Gasteiger partial charge in [0.1, 0.15) is 17.3 Å². The van der Waals surface area contributed by atoms with Crippen molar-refractivity contribution < 1.29 is 28.6 Å². The lowest BCUT2D eigenvalue weighted by Crippen LogP contribution is -2.33. The number of halogens is 2. The van der Waals surface area contributed by atoms with Crippen LogP contribution in [0.3, 0.4) is 0 Å². The normalized spacial score (nSPS) is 11.5. The van der Waals surface area contributed by atoms with Crippen LogP contribution in [0.2, 0.25) is 5.02 Å². The van der Waals surface area contributed by atoms with Gasteiger partial charge < -0.3 is 25.2 Å². The molecular weight excluding hydrogens is 415 g/mol. The number of aliphatic hydroxyl groups is 1. The Bertz CT molecular complexity index is 865. The van der Waals surface area contributed by atoms with Gasteiger partial charge in [-0.15, -0.1) is 0 Å². The Labute approximate surface area is 179 Å². The van der Waals surface area contributed by atoms with Gasteiger partial charge in [-0.2, -0.15) is 0 Å². The van der Waals surface area contributed by atoms with Crippen molar-refractivity contribution in [1.29, 1.82) is 0 Å². The van der Waals surface area contributed by atoms with Gasteiger partial charge in [-0.3, -0.25) is 9.59 Å². The molecule has 0 aliphatic rings. The van der Waals surface area contributed by atoms with E-state index in [-0.39, 0.29) is 42.7 Å². The van der Waals surface area contributed by atoms with E-state index >= 15 is 0 Å². The van der Waals surface area contributed by atoms with Crippen molar-refractivity contribution in [3.63, 3.8) is 0 Å². The average Bonchev–Trinajstić information content (AvgIpc) is 2.73. The van der Waals surface area contributed by atoms with E-state index in [1.54, 1.807) is 7.11 Å². The predicted molar refractivity (Wildman–Crippen MR) is 110 cm³/mol. The van der Waals surface area contributed by atoms with Gasteiger partial charge in [0.05, 0.1) is 24.7 Å². The molecule has 0 bridgehead atoms. The minimum Gasteiger partial charge on any atom is -0.497 e. The molecule has 0 heterocycles. The Morgan fingerprint density at radius 1 is 1.13 bits per heavy atom. The highest BCUT2D eigenvalue weighted by molar-refractivity contribution is 6.30. The second-order valence-corrected chi connectivity index (χ2v) is 6.90. The first kappa shape index (κ1) is 23.4. The Kier molecular flexibility index (Phi) is 9.37. The van der Waals surface area contributed by atoms with Crippen LogP contribution in [-0.2, 0) is 16.1 Å². The Hall–Kier alpha value is -2.84. The Morgan fingerprint density at radius 2 is 1.93 bits per heavy atom. The molecule has 2 aromatic carbocycles. The van der Waals surface area contributed by atoms with Crippen molar-refractivity contribution in [3.05, 3.63) is 58.9 Å². The van der Waals surface area contributed by atoms with Crippen LogP contribution >= 0.6 is 11.6 Å². The molecule has 3 N–H and O–H groups in total. The molecule has 0 fully saturated rings. The fourth-order valence-electron chi connectivity index (χ4n) is 2.52. The molecule has 0 aliphatic carbocycles. The predicted octanol–water partition coefficient (Wildman–Crippen LogP) is 2.44. The second kappa shape index (κ2) is 12.0. The van der Waals surface area contributed by atoms with E-state index in [0.717, 1.165) is 11.6 Å². The summed E-state index contributed by atoms with van der Waals surface area (Å²) >= 11 is 5.57. The number of aliphatic hydroxyl groups excluding tert-OH is 1. The van der Waals surface area contributed by atoms with Crippen LogP contribution in [-0.4, -0.2) is 43.3 Å². The molecule has 1 unspecified atom stereocenters. The molecule has 30 heavy (non-hydrogen) atoms. The number of carbonyl (C=O) groups is 2. The number of nitrogens with one attached hydrogen (secondary N) is 2. The lowest BCUT2D eigenvalue weighted by molar-refractivity contribution is -0.123. The summed E-state index contributed by atoms with van der Waals surface area (Å²) in [6, 6.07) is 11.2. The molecular formula is C21H24ClFN2O5. The van der Waals surface area contributed by atoms with Gasteiger partial charge in [-0.1, -0.05) is 23.7 Å². The molecule has 1 atom stereocenters. The summed E-state index contributed by atoms with van der Waals surface area (Å²) in [6.45, 7) is 0.182. The van der Waals surface area contributed by atoms with Crippen LogP contribution in [0, 0.1) is 5.82 Å². The quantitative estimate of drug-likeness (QED) is 0.500. The standard InChI is InChI=1S/C21H24ClFN2O5/c1-29-16-4-2-3-14(9-16)12-25-20(27)10-15(26)7-8-24-21(28)13-30-17-5-6-18(22)19(23)11-17/h2-6,9,11,15,26H,7-8,10,12-13H2,1H3,(H,24,28)(H,25,27). The van der Waals surface area contributed by atoms with Crippen LogP contribution in [0.25, 0.3) is 0 Å². The van der Waals surface area contributed by atoms with Crippen molar-refractivity contribution in [2.24, 2.45) is 0 Å². The minimum absolute atomic E-state index is 0.0340. The second-order valence-electron chi connectivity index (χ2n) is 6.49. The first-order valence-corrected chi connectivity index (χ1v) is 9.67. The van der Waals surface area contributed by atoms with Gasteiger partial charge in [0.2, 0.25) is 5.91 Å². The molecule has 2 rings (SSSR count). The molecule has 2 aromatic rings. The fraction of sp³-hybridized carbons (Fsp3) is 0.333. The van der Waals surface area contributed by atoms with Crippen molar-refractivity contribution in [2.75, 3.05) is 20.3 Å². The lowest BCUT2D eigenvalue weighted by Gasteiger charge is -2.12. The van der Waals surface area contributed by atoms with Crippen LogP contribution in [0.15, 0.2) is 42.5 Å². The molecule has 7 nitrogen and oxygen atoms in total. The number of benzene rings is 2. The topological polar surface area (TPSA) is 96.9 Å². The van der Waals surface area contributed by atoms with Gasteiger partial charge in [0, 0.05) is 19.2 Å². The third kappa shape index (κ3) is 8.26. The maximum atomic E-state index is 13.3. The summed E-state index contributed by atoms with van der Waals surface area (Å²) in [6.07, 6.45) is -0.782. The number of amides is 2. The maximum absolute atomic E-state index is 13.3. The van der Waals surface area contributed by atoms with Crippen LogP contribution < -0.4 is 20.1 Å². The number of carbonyl (C=O) groups excluding carboxylic acids is 2. The number of ether oxygens (including phenoxy) is 2. The van der Waals surface area contributed by atoms with Crippen molar-refractivity contribution >= 4 is 23.4 Å². The molecule has 0 aromatic heterocycles. The van der Waals surface area contributed by atoms with Crippen molar-refractivity contribution in [2.45, 2.75) is 25.5 Å². The maximum Gasteiger partial charge on any atom is 0.257 e. The van der Waals surface area contributed by atoms with E-state index in [2.05, 4.69) is 10.6 Å². The monoisotopic (exact) mass is 438 g/mol. The zero-order valence-electron chi connectivity index (χ0n) is 16.5. The molecule has 0 saturated carbocycles. The van der Waals surface area contributed by atoms with Crippen molar-refractivity contribution in [1.82, 2.24) is 10.6 Å². The summed E-state index contributed by atoms with van der Waals surface area (Å²) in [7, 11) is 1.57. The fourth-order valence-corrected chi connectivity index (χ4v) is 2.63. The van der Waals surface area contributed by atoms with Crippen molar-refractivity contribution in [3.8, 4) is 11.5 Å². The Morgan fingerprint density at radius 3 is 2.67 bits per heavy atom. The summed E-state index contributed by atoms with van der Waals surface area (Å²) in [5.41, 5.74) is 0.880. The molecule has 0 radical (unpaired) electrons. The highest BCUT2D eigenvalue weighted by Gasteiger charge is 2.12. The number of hydrogen-bond donors (Lipinski definition) is 3. The lowest BCUT2D eigenvalue weighted by atomic mass is 10.1. The van der Waals surface area contributed by atoms with E-state index < -0.39 is 17.8 Å². The molecule has 162 valence electrons. The van der Waals surface area contributed by atoms with Crippen LogP contribution in [0.1, 0.15) is 18.4 Å². The highest BCUT2D eigenvalue weighted by atomic mass is 35.5. The van der Waals surface area contributed by atoms with E-state index in [1.807, 2.05) is 24.3 Å². The van der Waals surface area contributed by atoms with Gasteiger partial charge in [-0.25, -0.2) is 4.39 Å². The van der Waals surface area contributed by atoms with Gasteiger partial charge >= 0.3 is 0 Å². The smallest absolute Gasteiger partial charge is 0.257 e. The molecule has 2 amide bonds. The number of hydrogen-bond acceptors (Lipinski definition) is 5. The highest BCUT2D eigenvalue weighted by Crippen LogP contribution is 2.20. The van der Waals surface area contributed by atoms with E-state index in [0.29, 0.717) is 12.3 Å². The summed E-state index contributed by atoms with van der Waals surface area (Å²) in [5, 5.41) is 15.2. The van der Waals surface area contributed by atoms with Crippen LogP contribution in [0.5, 0.6) is 11.5 Å². The van der Waals surface area contributed by atoms with E-state index in [4.69, 9.17) is 21.1 Å². The number of rotatable bonds is 11. The van der Waals surface area contributed by atoms with Gasteiger partial charge in [0.15, 0.2) is 6.61 Å². The Balaban J connectivity index is 1.61. The summed E-state index contributed by atoms with van der Waals surface area (Å²) in [5.74, 6) is -0.491. The first-order valence-electron chi connectivity index (χ1n) is 9.29. The SMILES string of the molecule is COc1cccc(CNC(=O)CC(O)CCNC(=O)COc2ccc(Cl)c(F)c2)c1. The largest absolute Gasteiger partial charge is 0.497 e. The zero-order chi connectivity index (χ0) is 21.9. The first-order chi connectivity index (χ1) is 14.4. The molecule has 0 saturated heterocycles. The molecule has 0 aliphatic heterocycles. The van der Waals surface area contributed by atoms with Gasteiger partial charge in [-0.05, 0) is 36.2 Å². The van der Waals surface area contributed by atoms with E-state index in [1.165, 1.54) is 12.1 Å². The summed E-state index contributed by atoms with van der Waals surface area (Å²) in [4.78, 5) is 23.7. The molecule has 9 heteroatoms. The summed E-state index contributed by atoms with van der Waals surface area (Å²) < 4.78 is 23.6.